The molecule has 0 spiro atoms. The van der Waals surface area contributed by atoms with Crippen LogP contribution < -0.4 is 0 Å². The average molecular weight is 403 g/mol. The van der Waals surface area contributed by atoms with E-state index in [-0.39, 0.29) is 10.8 Å². The molecule has 1 aliphatic rings. The van der Waals surface area contributed by atoms with Gasteiger partial charge in [-0.25, -0.2) is 0 Å². The van der Waals surface area contributed by atoms with Crippen LogP contribution in [0.1, 0.15) is 66.0 Å². The molecule has 4 heteroatoms. The summed E-state index contributed by atoms with van der Waals surface area (Å²) in [6.07, 6.45) is 1.69. The van der Waals surface area contributed by atoms with E-state index in [1.165, 1.54) is 11.1 Å². The van der Waals surface area contributed by atoms with Gasteiger partial charge >= 0.3 is 0 Å². The van der Waals surface area contributed by atoms with Gasteiger partial charge in [-0.15, -0.1) is 0 Å². The molecule has 162 valence electrons. The first kappa shape index (κ1) is 26.7. The molecule has 1 unspecified atom stereocenters. The monoisotopic (exact) mass is 402 g/mol. The molecule has 1 saturated heterocycles. The number of hydrogen-bond acceptors (Lipinski definition) is 4. The van der Waals surface area contributed by atoms with Gasteiger partial charge in [-0.05, 0) is 59.6 Å². The Morgan fingerprint density at radius 1 is 0.862 bits per heavy atom. The minimum atomic E-state index is 0.174. The number of phenolic OH excluding ortho intramolecular Hbond substituents is 2. The smallest absolute Gasteiger partial charge is 0.115 e. The van der Waals surface area contributed by atoms with Gasteiger partial charge in [-0.2, -0.15) is 0 Å². The highest BCUT2D eigenvalue weighted by atomic mass is 16.6. The van der Waals surface area contributed by atoms with Crippen LogP contribution in [0.15, 0.2) is 48.5 Å². The van der Waals surface area contributed by atoms with Crippen LogP contribution in [0.2, 0.25) is 0 Å². The van der Waals surface area contributed by atoms with Crippen molar-refractivity contribution in [2.75, 3.05) is 6.61 Å². The number of benzene rings is 2. The van der Waals surface area contributed by atoms with E-state index in [1.54, 1.807) is 24.3 Å². The third-order valence-corrected chi connectivity index (χ3v) is 4.77. The van der Waals surface area contributed by atoms with Gasteiger partial charge in [0.1, 0.15) is 18.3 Å². The molecule has 0 saturated carbocycles. The zero-order valence-corrected chi connectivity index (χ0v) is 19.0. The Bertz CT molecular complexity index is 678. The summed E-state index contributed by atoms with van der Waals surface area (Å²) in [6.45, 7) is 18.1. The van der Waals surface area contributed by atoms with E-state index in [4.69, 9.17) is 19.7 Å². The second-order valence-electron chi connectivity index (χ2n) is 8.73. The minimum absolute atomic E-state index is 0.174. The van der Waals surface area contributed by atoms with E-state index in [1.807, 2.05) is 31.1 Å². The third kappa shape index (κ3) is 11.3. The Hall–Kier alpha value is -2.33. The van der Waals surface area contributed by atoms with Crippen LogP contribution in [0.4, 0.5) is 0 Å². The van der Waals surface area contributed by atoms with Crippen molar-refractivity contribution in [3.63, 3.8) is 0 Å². The third-order valence-electron chi connectivity index (χ3n) is 4.77. The topological polar surface area (TPSA) is 70.1 Å². The maximum Gasteiger partial charge on any atom is 0.115 e. The molecule has 0 aromatic heterocycles. The number of rotatable bonds is 2. The highest BCUT2D eigenvalue weighted by molar-refractivity contribution is 5.31. The molecule has 29 heavy (non-hydrogen) atoms. The Balaban J connectivity index is 0.000000424. The second kappa shape index (κ2) is 12.3. The molecule has 1 atom stereocenters. The van der Waals surface area contributed by atoms with Gasteiger partial charge in [0, 0.05) is 0 Å². The van der Waals surface area contributed by atoms with Crippen molar-refractivity contribution in [3.05, 3.63) is 59.7 Å². The first-order chi connectivity index (χ1) is 13.5. The lowest BCUT2D eigenvalue weighted by molar-refractivity contribution is -0.0980. The standard InChI is InChI=1S/C11H16O.C10H14O.C3H6O.CH2O/c1-4-11(2,3)9-5-7-10(12)8-6-9;1-10(2,3)8-4-6-9(11)7-5-8;1-3-2-4-3;1-2/h5-8,12H,4H2,1-3H3;4-7,11H,1-3H3;3H,2H2,1H3;1H2. The van der Waals surface area contributed by atoms with Crippen LogP contribution in [0.5, 0.6) is 11.5 Å². The highest BCUT2D eigenvalue weighted by Crippen LogP contribution is 2.27. The maximum absolute atomic E-state index is 9.10. The van der Waals surface area contributed by atoms with Crippen LogP contribution in [0.3, 0.4) is 0 Å². The number of phenols is 2. The predicted molar refractivity (Wildman–Crippen MR) is 121 cm³/mol. The van der Waals surface area contributed by atoms with Crippen molar-refractivity contribution < 1.29 is 19.7 Å². The molecule has 1 heterocycles. The number of aromatic hydroxyl groups is 2. The molecule has 1 aliphatic heterocycles. The van der Waals surface area contributed by atoms with Crippen molar-refractivity contribution in [3.8, 4) is 11.5 Å². The van der Waals surface area contributed by atoms with E-state index >= 15 is 0 Å². The summed E-state index contributed by atoms with van der Waals surface area (Å²) in [5.41, 5.74) is 2.92. The maximum atomic E-state index is 9.10. The molecular formula is C25H38O4. The van der Waals surface area contributed by atoms with E-state index in [9.17, 15) is 0 Å². The van der Waals surface area contributed by atoms with Crippen molar-refractivity contribution >= 4 is 6.79 Å². The summed E-state index contributed by atoms with van der Waals surface area (Å²) in [5, 5.41) is 18.1. The molecule has 2 aromatic carbocycles. The van der Waals surface area contributed by atoms with E-state index < -0.39 is 0 Å². The van der Waals surface area contributed by atoms with Crippen molar-refractivity contribution in [2.45, 2.75) is 71.8 Å². The molecule has 2 N–H and O–H groups in total. The molecule has 2 aromatic rings. The summed E-state index contributed by atoms with van der Waals surface area (Å²) in [4.78, 5) is 8.00. The quantitative estimate of drug-likeness (QED) is 0.605. The van der Waals surface area contributed by atoms with Gasteiger partial charge in [-0.3, -0.25) is 0 Å². The van der Waals surface area contributed by atoms with Crippen LogP contribution >= 0.6 is 0 Å². The lowest BCUT2D eigenvalue weighted by atomic mass is 9.82. The van der Waals surface area contributed by atoms with E-state index in [2.05, 4.69) is 48.5 Å². The first-order valence-corrected chi connectivity index (χ1v) is 9.95. The molecule has 0 radical (unpaired) electrons. The first-order valence-electron chi connectivity index (χ1n) is 9.95. The SMILES string of the molecule is C=O.CC(C)(C)c1ccc(O)cc1.CC1CO1.CCC(C)(C)c1ccc(O)cc1. The van der Waals surface area contributed by atoms with Crippen LogP contribution in [0.25, 0.3) is 0 Å². The van der Waals surface area contributed by atoms with Gasteiger partial charge in [0.25, 0.3) is 0 Å². The fraction of sp³-hybridized carbons (Fsp3) is 0.480. The number of epoxide rings is 1. The molecule has 1 fully saturated rings. The van der Waals surface area contributed by atoms with Crippen LogP contribution in [0, 0.1) is 0 Å². The average Bonchev–Trinajstić information content (AvgIpc) is 3.46. The lowest BCUT2D eigenvalue weighted by Crippen LogP contribution is -2.14. The van der Waals surface area contributed by atoms with E-state index in [0.29, 0.717) is 17.6 Å². The van der Waals surface area contributed by atoms with Crippen LogP contribution in [-0.2, 0) is 20.4 Å². The molecule has 0 bridgehead atoms. The fourth-order valence-corrected chi connectivity index (χ4v) is 2.17. The minimum Gasteiger partial charge on any atom is -0.508 e. The molecule has 3 rings (SSSR count). The van der Waals surface area contributed by atoms with Gasteiger partial charge in [0.05, 0.1) is 12.7 Å². The Kier molecular flexibility index (Phi) is 11.3. The summed E-state index contributed by atoms with van der Waals surface area (Å²) in [6, 6.07) is 14.8. The van der Waals surface area contributed by atoms with Gasteiger partial charge in [0.15, 0.2) is 0 Å². The highest BCUT2D eigenvalue weighted by Gasteiger charge is 2.17. The molecule has 0 amide bonds. The molecule has 4 nitrogen and oxygen atoms in total. The summed E-state index contributed by atoms with van der Waals surface area (Å²) >= 11 is 0. The van der Waals surface area contributed by atoms with Crippen molar-refractivity contribution in [1.29, 1.82) is 0 Å². The Morgan fingerprint density at radius 2 is 1.17 bits per heavy atom. The Labute approximate surface area is 176 Å². The van der Waals surface area contributed by atoms with Crippen molar-refractivity contribution in [1.82, 2.24) is 0 Å². The Morgan fingerprint density at radius 3 is 1.41 bits per heavy atom. The normalized spacial score (nSPS) is 14.8. The lowest BCUT2D eigenvalue weighted by Gasteiger charge is -2.22. The van der Waals surface area contributed by atoms with Crippen LogP contribution in [-0.4, -0.2) is 29.7 Å². The fourth-order valence-electron chi connectivity index (χ4n) is 2.17. The zero-order valence-electron chi connectivity index (χ0n) is 19.0. The van der Waals surface area contributed by atoms with E-state index in [0.717, 1.165) is 13.0 Å². The zero-order chi connectivity index (χ0) is 22.7. The molecular weight excluding hydrogens is 364 g/mol. The number of hydrogen-bond donors (Lipinski definition) is 2. The largest absolute Gasteiger partial charge is 0.508 e. The molecule has 0 aliphatic carbocycles. The van der Waals surface area contributed by atoms with Gasteiger partial charge in [0.2, 0.25) is 0 Å². The summed E-state index contributed by atoms with van der Waals surface area (Å²) in [7, 11) is 0. The number of ether oxygens (including phenoxy) is 1. The number of carbonyl (C=O) groups is 1. The summed E-state index contributed by atoms with van der Waals surface area (Å²) in [5.74, 6) is 0.670. The predicted octanol–water partition coefficient (Wildman–Crippen LogP) is 5.99. The summed E-state index contributed by atoms with van der Waals surface area (Å²) < 4.78 is 4.71. The number of carbonyl (C=O) groups excluding carboxylic acids is 1. The van der Waals surface area contributed by atoms with Gasteiger partial charge in [-0.1, -0.05) is 65.8 Å². The van der Waals surface area contributed by atoms with Gasteiger partial charge < -0.3 is 19.7 Å². The van der Waals surface area contributed by atoms with Crippen molar-refractivity contribution in [2.24, 2.45) is 0 Å². The second-order valence-corrected chi connectivity index (χ2v) is 8.73.